The SMILES string of the molecule is Cc1ccc([C@@H](C)NC(=O)C2CCN(c3ccc(-c4ccccc4)nn3)CC2)cc1. The highest BCUT2D eigenvalue weighted by Gasteiger charge is 2.26. The van der Waals surface area contributed by atoms with E-state index in [9.17, 15) is 4.79 Å². The van der Waals surface area contributed by atoms with Gasteiger partial charge in [-0.25, -0.2) is 0 Å². The molecule has 154 valence electrons. The fraction of sp³-hybridized carbons (Fsp3) is 0.320. The Morgan fingerprint density at radius 1 is 0.967 bits per heavy atom. The van der Waals surface area contributed by atoms with E-state index in [1.54, 1.807) is 0 Å². The lowest BCUT2D eigenvalue weighted by atomic mass is 9.95. The summed E-state index contributed by atoms with van der Waals surface area (Å²) in [6.45, 7) is 5.74. The van der Waals surface area contributed by atoms with Crippen molar-refractivity contribution in [2.45, 2.75) is 32.7 Å². The number of benzene rings is 2. The first kappa shape index (κ1) is 20.1. The van der Waals surface area contributed by atoms with Crippen LogP contribution in [0.4, 0.5) is 5.82 Å². The van der Waals surface area contributed by atoms with Gasteiger partial charge in [-0.05, 0) is 44.4 Å². The summed E-state index contributed by atoms with van der Waals surface area (Å²) in [7, 11) is 0. The minimum atomic E-state index is 0.0209. The van der Waals surface area contributed by atoms with Crippen molar-refractivity contribution < 1.29 is 4.79 Å². The van der Waals surface area contributed by atoms with Crippen molar-refractivity contribution in [2.24, 2.45) is 5.92 Å². The maximum atomic E-state index is 12.7. The number of carbonyl (C=O) groups is 1. The molecule has 1 saturated heterocycles. The first-order chi connectivity index (χ1) is 14.6. The van der Waals surface area contributed by atoms with Gasteiger partial charge in [0, 0.05) is 24.6 Å². The Morgan fingerprint density at radius 2 is 1.67 bits per heavy atom. The van der Waals surface area contributed by atoms with Gasteiger partial charge in [0.1, 0.15) is 0 Å². The molecular weight excluding hydrogens is 372 g/mol. The van der Waals surface area contributed by atoms with Crippen LogP contribution in [0, 0.1) is 12.8 Å². The van der Waals surface area contributed by atoms with Crippen molar-refractivity contribution in [3.63, 3.8) is 0 Å². The number of carbonyl (C=O) groups excluding carboxylic acids is 1. The van der Waals surface area contributed by atoms with Gasteiger partial charge in [-0.15, -0.1) is 10.2 Å². The Bertz CT molecular complexity index is 962. The van der Waals surface area contributed by atoms with E-state index in [-0.39, 0.29) is 17.9 Å². The molecular formula is C25H28N4O. The molecule has 0 bridgehead atoms. The quantitative estimate of drug-likeness (QED) is 0.683. The molecule has 0 saturated carbocycles. The summed E-state index contributed by atoms with van der Waals surface area (Å²) < 4.78 is 0. The fourth-order valence-electron chi connectivity index (χ4n) is 3.90. The number of aryl methyl sites for hydroxylation is 1. The average Bonchev–Trinajstić information content (AvgIpc) is 2.80. The molecule has 0 unspecified atom stereocenters. The van der Waals surface area contributed by atoms with Crippen molar-refractivity contribution in [1.82, 2.24) is 15.5 Å². The summed E-state index contributed by atoms with van der Waals surface area (Å²) in [5, 5.41) is 12.0. The Morgan fingerprint density at radius 3 is 2.30 bits per heavy atom. The number of hydrogen-bond acceptors (Lipinski definition) is 4. The predicted octanol–water partition coefficient (Wildman–Crippen LogP) is 4.55. The molecule has 0 spiro atoms. The van der Waals surface area contributed by atoms with E-state index < -0.39 is 0 Å². The summed E-state index contributed by atoms with van der Waals surface area (Å²) >= 11 is 0. The number of hydrogen-bond donors (Lipinski definition) is 1. The topological polar surface area (TPSA) is 58.1 Å². The second-order valence-electron chi connectivity index (χ2n) is 8.05. The molecule has 4 rings (SSSR count). The first-order valence-electron chi connectivity index (χ1n) is 10.6. The third-order valence-corrected chi connectivity index (χ3v) is 5.85. The molecule has 1 fully saturated rings. The Kier molecular flexibility index (Phi) is 6.07. The van der Waals surface area contributed by atoms with Gasteiger partial charge < -0.3 is 10.2 Å². The number of piperidine rings is 1. The van der Waals surface area contributed by atoms with Gasteiger partial charge in [0.15, 0.2) is 5.82 Å². The largest absolute Gasteiger partial charge is 0.355 e. The van der Waals surface area contributed by atoms with Gasteiger partial charge in [-0.2, -0.15) is 0 Å². The van der Waals surface area contributed by atoms with Crippen LogP contribution >= 0.6 is 0 Å². The molecule has 5 nitrogen and oxygen atoms in total. The molecule has 1 aromatic heterocycles. The highest BCUT2D eigenvalue weighted by atomic mass is 16.1. The van der Waals surface area contributed by atoms with Gasteiger partial charge in [-0.1, -0.05) is 60.2 Å². The highest BCUT2D eigenvalue weighted by Crippen LogP contribution is 2.24. The molecule has 2 aromatic carbocycles. The van der Waals surface area contributed by atoms with Crippen LogP contribution in [0.2, 0.25) is 0 Å². The van der Waals surface area contributed by atoms with Gasteiger partial charge in [0.2, 0.25) is 5.91 Å². The lowest BCUT2D eigenvalue weighted by Gasteiger charge is -2.32. The van der Waals surface area contributed by atoms with Crippen molar-refractivity contribution in [3.8, 4) is 11.3 Å². The van der Waals surface area contributed by atoms with Crippen LogP contribution in [0.25, 0.3) is 11.3 Å². The molecule has 30 heavy (non-hydrogen) atoms. The predicted molar refractivity (Wildman–Crippen MR) is 120 cm³/mol. The number of amides is 1. The summed E-state index contributed by atoms with van der Waals surface area (Å²) in [6, 6.07) is 22.5. The van der Waals surface area contributed by atoms with Crippen LogP contribution in [-0.4, -0.2) is 29.2 Å². The zero-order chi connectivity index (χ0) is 20.9. The summed E-state index contributed by atoms with van der Waals surface area (Å²) in [5.41, 5.74) is 4.30. The van der Waals surface area contributed by atoms with Crippen molar-refractivity contribution >= 4 is 11.7 Å². The number of nitrogens with one attached hydrogen (secondary N) is 1. The summed E-state index contributed by atoms with van der Waals surface area (Å²) in [4.78, 5) is 15.0. The van der Waals surface area contributed by atoms with Crippen LogP contribution < -0.4 is 10.2 Å². The molecule has 3 aromatic rings. The Hall–Kier alpha value is -3.21. The van der Waals surface area contributed by atoms with Crippen LogP contribution in [0.1, 0.15) is 36.9 Å². The molecule has 1 amide bonds. The van der Waals surface area contributed by atoms with Gasteiger partial charge in [-0.3, -0.25) is 4.79 Å². The van der Waals surface area contributed by atoms with E-state index in [1.165, 1.54) is 5.56 Å². The third-order valence-electron chi connectivity index (χ3n) is 5.85. The fourth-order valence-corrected chi connectivity index (χ4v) is 3.90. The molecule has 1 aliphatic heterocycles. The van der Waals surface area contributed by atoms with Crippen LogP contribution in [0.3, 0.4) is 0 Å². The summed E-state index contributed by atoms with van der Waals surface area (Å²) in [5.74, 6) is 1.07. The monoisotopic (exact) mass is 400 g/mol. The first-order valence-corrected chi connectivity index (χ1v) is 10.6. The minimum absolute atomic E-state index is 0.0209. The molecule has 5 heteroatoms. The Labute approximate surface area is 178 Å². The smallest absolute Gasteiger partial charge is 0.223 e. The molecule has 0 radical (unpaired) electrons. The summed E-state index contributed by atoms with van der Waals surface area (Å²) in [6.07, 6.45) is 1.66. The molecule has 1 atom stereocenters. The maximum Gasteiger partial charge on any atom is 0.223 e. The highest BCUT2D eigenvalue weighted by molar-refractivity contribution is 5.79. The van der Waals surface area contributed by atoms with E-state index in [4.69, 9.17) is 0 Å². The zero-order valence-electron chi connectivity index (χ0n) is 17.6. The van der Waals surface area contributed by atoms with E-state index >= 15 is 0 Å². The van der Waals surface area contributed by atoms with Crippen LogP contribution in [0.15, 0.2) is 66.7 Å². The van der Waals surface area contributed by atoms with Crippen molar-refractivity contribution in [2.75, 3.05) is 18.0 Å². The maximum absolute atomic E-state index is 12.7. The van der Waals surface area contributed by atoms with Gasteiger partial charge in [0.05, 0.1) is 11.7 Å². The second kappa shape index (κ2) is 9.08. The lowest BCUT2D eigenvalue weighted by Crippen LogP contribution is -2.41. The van der Waals surface area contributed by atoms with Gasteiger partial charge in [0.25, 0.3) is 0 Å². The zero-order valence-corrected chi connectivity index (χ0v) is 17.6. The number of rotatable bonds is 5. The third kappa shape index (κ3) is 4.67. The van der Waals surface area contributed by atoms with Crippen LogP contribution in [0.5, 0.6) is 0 Å². The Balaban J connectivity index is 1.31. The normalized spacial score (nSPS) is 15.6. The van der Waals surface area contributed by atoms with Crippen molar-refractivity contribution in [3.05, 3.63) is 77.9 Å². The lowest BCUT2D eigenvalue weighted by molar-refractivity contribution is -0.126. The standard InChI is InChI=1S/C25H28N4O/c1-18-8-10-20(11-9-18)19(2)26-25(30)22-14-16-29(17-15-22)24-13-12-23(27-28-24)21-6-4-3-5-7-21/h3-13,19,22H,14-17H2,1-2H3,(H,26,30)/t19-/m1/s1. The van der Waals surface area contributed by atoms with Gasteiger partial charge >= 0.3 is 0 Å². The molecule has 0 aliphatic carbocycles. The van der Waals surface area contributed by atoms with E-state index in [2.05, 4.69) is 51.6 Å². The molecule has 1 N–H and O–H groups in total. The van der Waals surface area contributed by atoms with E-state index in [1.807, 2.05) is 49.4 Å². The minimum Gasteiger partial charge on any atom is -0.355 e. The number of aromatic nitrogens is 2. The second-order valence-corrected chi connectivity index (χ2v) is 8.05. The molecule has 2 heterocycles. The van der Waals surface area contributed by atoms with Crippen LogP contribution in [-0.2, 0) is 4.79 Å². The van der Waals surface area contributed by atoms with Crippen molar-refractivity contribution in [1.29, 1.82) is 0 Å². The van der Waals surface area contributed by atoms with E-state index in [0.717, 1.165) is 48.6 Å². The number of anilines is 1. The average molecular weight is 401 g/mol. The number of nitrogens with zero attached hydrogens (tertiary/aromatic N) is 3. The molecule has 1 aliphatic rings. The van der Waals surface area contributed by atoms with E-state index in [0.29, 0.717) is 0 Å².